The van der Waals surface area contributed by atoms with Gasteiger partial charge >= 0.3 is 0 Å². The molecule has 0 unspecified atom stereocenters. The van der Waals surface area contributed by atoms with E-state index in [1.807, 2.05) is 0 Å². The molecule has 3 heterocycles. The van der Waals surface area contributed by atoms with Gasteiger partial charge in [-0.15, -0.1) is 22.9 Å². The number of thiophene rings is 1. The van der Waals surface area contributed by atoms with Gasteiger partial charge in [0.05, 0.1) is 22.9 Å². The fourth-order valence-corrected chi connectivity index (χ4v) is 3.74. The third-order valence-corrected chi connectivity index (χ3v) is 4.92. The molecule has 0 saturated carbocycles. The Morgan fingerprint density at radius 2 is 2.20 bits per heavy atom. The fourth-order valence-electron chi connectivity index (χ4n) is 2.63. The Labute approximate surface area is 127 Å². The van der Waals surface area contributed by atoms with Gasteiger partial charge in [-0.25, -0.2) is 9.97 Å². The van der Waals surface area contributed by atoms with Gasteiger partial charge in [0.1, 0.15) is 12.1 Å². The standard InChI is InChI=1S/C14H18ClN3OS/c1-10-8-20-13-12(10)16-9-17-14(13)18-5-2-11(3-6-18)19-7-4-15/h8-9,11H,2-7H2,1H3. The molecular weight excluding hydrogens is 294 g/mol. The average molecular weight is 312 g/mol. The summed E-state index contributed by atoms with van der Waals surface area (Å²) in [7, 11) is 0. The highest BCUT2D eigenvalue weighted by Crippen LogP contribution is 2.32. The molecule has 6 heteroatoms. The molecular formula is C14H18ClN3OS. The van der Waals surface area contributed by atoms with Gasteiger partial charge in [0.15, 0.2) is 0 Å². The van der Waals surface area contributed by atoms with E-state index in [4.69, 9.17) is 16.3 Å². The van der Waals surface area contributed by atoms with E-state index in [1.54, 1.807) is 17.7 Å². The van der Waals surface area contributed by atoms with Crippen molar-refractivity contribution in [3.63, 3.8) is 0 Å². The van der Waals surface area contributed by atoms with Crippen LogP contribution in [0, 0.1) is 6.92 Å². The summed E-state index contributed by atoms with van der Waals surface area (Å²) in [4.78, 5) is 11.2. The predicted molar refractivity (Wildman–Crippen MR) is 84.1 cm³/mol. The first kappa shape index (κ1) is 14.0. The van der Waals surface area contributed by atoms with Crippen LogP contribution in [0.1, 0.15) is 18.4 Å². The highest BCUT2D eigenvalue weighted by molar-refractivity contribution is 7.18. The number of hydrogen-bond acceptors (Lipinski definition) is 5. The predicted octanol–water partition coefficient (Wildman–Crippen LogP) is 3.22. The summed E-state index contributed by atoms with van der Waals surface area (Å²) < 4.78 is 6.92. The first-order valence-corrected chi connectivity index (χ1v) is 8.32. The van der Waals surface area contributed by atoms with Crippen LogP contribution >= 0.6 is 22.9 Å². The Balaban J connectivity index is 1.73. The average Bonchev–Trinajstić information content (AvgIpc) is 2.87. The lowest BCUT2D eigenvalue weighted by Gasteiger charge is -2.32. The lowest BCUT2D eigenvalue weighted by molar-refractivity contribution is 0.0471. The summed E-state index contributed by atoms with van der Waals surface area (Å²) in [5.41, 5.74) is 2.31. The molecule has 1 saturated heterocycles. The Hall–Kier alpha value is -0.910. The smallest absolute Gasteiger partial charge is 0.150 e. The Kier molecular flexibility index (Phi) is 4.38. The lowest BCUT2D eigenvalue weighted by Crippen LogP contribution is -2.37. The Bertz CT molecular complexity index is 581. The van der Waals surface area contributed by atoms with Gasteiger partial charge in [-0.05, 0) is 30.7 Å². The van der Waals surface area contributed by atoms with Gasteiger partial charge in [-0.1, -0.05) is 0 Å². The molecule has 0 bridgehead atoms. The lowest BCUT2D eigenvalue weighted by atomic mass is 10.1. The second-order valence-electron chi connectivity index (χ2n) is 5.04. The van der Waals surface area contributed by atoms with Crippen LogP contribution in [0.5, 0.6) is 0 Å². The summed E-state index contributed by atoms with van der Waals surface area (Å²) in [5.74, 6) is 1.64. The minimum atomic E-state index is 0.340. The van der Waals surface area contributed by atoms with Gasteiger partial charge in [0.2, 0.25) is 0 Å². The number of piperidine rings is 1. The van der Waals surface area contributed by atoms with Crippen LogP contribution in [0.15, 0.2) is 11.7 Å². The van der Waals surface area contributed by atoms with E-state index in [1.165, 1.54) is 10.3 Å². The Morgan fingerprint density at radius 3 is 2.95 bits per heavy atom. The maximum atomic E-state index is 5.72. The van der Waals surface area contributed by atoms with Crippen LogP contribution in [0.3, 0.4) is 0 Å². The summed E-state index contributed by atoms with van der Waals surface area (Å²) in [6.45, 7) is 4.71. The fraction of sp³-hybridized carbons (Fsp3) is 0.571. The molecule has 0 aromatic carbocycles. The van der Waals surface area contributed by atoms with Crippen LogP contribution in [-0.4, -0.2) is 41.6 Å². The van der Waals surface area contributed by atoms with Crippen molar-refractivity contribution in [1.29, 1.82) is 0 Å². The molecule has 0 radical (unpaired) electrons. The molecule has 2 aromatic heterocycles. The largest absolute Gasteiger partial charge is 0.377 e. The van der Waals surface area contributed by atoms with Gasteiger partial charge in [0.25, 0.3) is 0 Å². The zero-order valence-electron chi connectivity index (χ0n) is 11.5. The van der Waals surface area contributed by atoms with E-state index in [9.17, 15) is 0 Å². The van der Waals surface area contributed by atoms with Crippen LogP contribution in [0.25, 0.3) is 10.2 Å². The number of ether oxygens (including phenoxy) is 1. The topological polar surface area (TPSA) is 38.2 Å². The molecule has 1 fully saturated rings. The van der Waals surface area contributed by atoms with Crippen molar-refractivity contribution >= 4 is 39.0 Å². The number of hydrogen-bond donors (Lipinski definition) is 0. The van der Waals surface area contributed by atoms with Crippen LogP contribution < -0.4 is 4.90 Å². The summed E-state index contributed by atoms with van der Waals surface area (Å²) in [5, 5.41) is 2.15. The molecule has 0 spiro atoms. The van der Waals surface area contributed by atoms with E-state index in [0.717, 1.165) is 37.3 Å². The number of alkyl halides is 1. The molecule has 0 aliphatic carbocycles. The van der Waals surface area contributed by atoms with Crippen molar-refractivity contribution in [1.82, 2.24) is 9.97 Å². The number of fused-ring (bicyclic) bond motifs is 1. The van der Waals surface area contributed by atoms with Gasteiger partial charge in [-0.3, -0.25) is 0 Å². The molecule has 4 nitrogen and oxygen atoms in total. The van der Waals surface area contributed by atoms with Crippen molar-refractivity contribution in [2.45, 2.75) is 25.9 Å². The number of nitrogens with zero attached hydrogens (tertiary/aromatic N) is 3. The van der Waals surface area contributed by atoms with E-state index < -0.39 is 0 Å². The van der Waals surface area contributed by atoms with Crippen molar-refractivity contribution in [3.8, 4) is 0 Å². The highest BCUT2D eigenvalue weighted by Gasteiger charge is 2.22. The second-order valence-corrected chi connectivity index (χ2v) is 6.30. The van der Waals surface area contributed by atoms with E-state index in [0.29, 0.717) is 18.6 Å². The minimum Gasteiger partial charge on any atom is -0.377 e. The zero-order chi connectivity index (χ0) is 13.9. The molecule has 0 amide bonds. The van der Waals surface area contributed by atoms with Crippen LogP contribution in [0.4, 0.5) is 5.82 Å². The molecule has 0 N–H and O–H groups in total. The maximum Gasteiger partial charge on any atom is 0.150 e. The van der Waals surface area contributed by atoms with Crippen molar-refractivity contribution in [3.05, 3.63) is 17.3 Å². The normalized spacial score (nSPS) is 17.0. The molecule has 0 atom stereocenters. The first-order valence-electron chi connectivity index (χ1n) is 6.91. The monoisotopic (exact) mass is 311 g/mol. The van der Waals surface area contributed by atoms with Crippen LogP contribution in [-0.2, 0) is 4.74 Å². The quantitative estimate of drug-likeness (QED) is 0.813. The summed E-state index contributed by atoms with van der Waals surface area (Å²) in [6, 6.07) is 0. The summed E-state index contributed by atoms with van der Waals surface area (Å²) >= 11 is 7.40. The third-order valence-electron chi connectivity index (χ3n) is 3.68. The third kappa shape index (κ3) is 2.75. The number of aryl methyl sites for hydroxylation is 1. The second kappa shape index (κ2) is 6.24. The van der Waals surface area contributed by atoms with E-state index in [2.05, 4.69) is 27.2 Å². The maximum absolute atomic E-state index is 5.72. The van der Waals surface area contributed by atoms with Crippen molar-refractivity contribution in [2.24, 2.45) is 0 Å². The Morgan fingerprint density at radius 1 is 1.40 bits per heavy atom. The number of anilines is 1. The summed E-state index contributed by atoms with van der Waals surface area (Å²) in [6.07, 6.45) is 4.08. The number of halogens is 1. The van der Waals surface area contributed by atoms with Gasteiger partial charge < -0.3 is 9.64 Å². The molecule has 2 aromatic rings. The van der Waals surface area contributed by atoms with Gasteiger partial charge in [-0.2, -0.15) is 0 Å². The van der Waals surface area contributed by atoms with Crippen molar-refractivity contribution in [2.75, 3.05) is 30.5 Å². The molecule has 20 heavy (non-hydrogen) atoms. The number of aromatic nitrogens is 2. The first-order chi connectivity index (χ1) is 9.79. The molecule has 108 valence electrons. The molecule has 1 aliphatic heterocycles. The minimum absolute atomic E-state index is 0.340. The van der Waals surface area contributed by atoms with Gasteiger partial charge in [0, 0.05) is 19.0 Å². The SMILES string of the molecule is Cc1csc2c(N3CCC(OCCCl)CC3)ncnc12. The molecule has 1 aliphatic rings. The zero-order valence-corrected chi connectivity index (χ0v) is 13.1. The van der Waals surface area contributed by atoms with Crippen LogP contribution in [0.2, 0.25) is 0 Å². The van der Waals surface area contributed by atoms with Crippen molar-refractivity contribution < 1.29 is 4.74 Å². The van der Waals surface area contributed by atoms with E-state index in [-0.39, 0.29) is 0 Å². The highest BCUT2D eigenvalue weighted by atomic mass is 35.5. The molecule has 3 rings (SSSR count). The number of rotatable bonds is 4. The van der Waals surface area contributed by atoms with E-state index >= 15 is 0 Å².